The average molecular weight is 639 g/mol. The van der Waals surface area contributed by atoms with Crippen LogP contribution >= 0.6 is 0 Å². The number of ether oxygens (including phenoxy) is 3. The zero-order valence-corrected chi connectivity index (χ0v) is 30.0. The van der Waals surface area contributed by atoms with Crippen LogP contribution in [0.25, 0.3) is 0 Å². The number of hydrogen-bond acceptors (Lipinski definition) is 5. The fourth-order valence-electron chi connectivity index (χ4n) is 7.38. The van der Waals surface area contributed by atoms with E-state index in [1.165, 1.54) is 82.6 Å². The first-order valence-corrected chi connectivity index (χ1v) is 21.0. The maximum absolute atomic E-state index is 12.0. The van der Waals surface area contributed by atoms with Crippen molar-refractivity contribution < 1.29 is 23.8 Å². The Bertz CT molecular complexity index is 1030. The molecule has 1 aromatic rings. The third-order valence-corrected chi connectivity index (χ3v) is 14.4. The fourth-order valence-corrected chi connectivity index (χ4v) is 10.1. The van der Waals surface area contributed by atoms with Crippen LogP contribution in [0.1, 0.15) is 116 Å². The van der Waals surface area contributed by atoms with E-state index in [2.05, 4.69) is 50.9 Å². The van der Waals surface area contributed by atoms with E-state index in [4.69, 9.17) is 14.2 Å². The van der Waals surface area contributed by atoms with E-state index < -0.39 is 8.07 Å². The molecule has 1 unspecified atom stereocenters. The van der Waals surface area contributed by atoms with E-state index in [-0.39, 0.29) is 18.4 Å². The molecule has 0 saturated heterocycles. The normalized spacial score (nSPS) is 23.1. The van der Waals surface area contributed by atoms with Gasteiger partial charge in [0.15, 0.2) is 5.78 Å². The van der Waals surface area contributed by atoms with Crippen LogP contribution in [0.2, 0.25) is 18.6 Å². The molecule has 2 aliphatic carbocycles. The molecular weight excluding hydrogens is 577 g/mol. The van der Waals surface area contributed by atoms with Gasteiger partial charge in [-0.3, -0.25) is 4.79 Å². The van der Waals surface area contributed by atoms with Crippen LogP contribution in [-0.4, -0.2) is 45.9 Å². The monoisotopic (exact) mass is 638 g/mol. The third kappa shape index (κ3) is 13.2. The van der Waals surface area contributed by atoms with Crippen molar-refractivity contribution in [3.8, 4) is 5.75 Å². The van der Waals surface area contributed by atoms with Crippen molar-refractivity contribution in [2.45, 2.75) is 129 Å². The highest BCUT2D eigenvalue weighted by atomic mass is 28.3. The number of esters is 1. The van der Waals surface area contributed by atoms with E-state index in [0.717, 1.165) is 42.0 Å². The molecule has 5 nitrogen and oxygen atoms in total. The second kappa shape index (κ2) is 19.5. The van der Waals surface area contributed by atoms with Gasteiger partial charge in [0.05, 0.1) is 21.3 Å². The van der Waals surface area contributed by atoms with Crippen molar-refractivity contribution in [2.24, 2.45) is 17.8 Å². The largest absolute Gasteiger partial charge is 0.494 e. The molecule has 45 heavy (non-hydrogen) atoms. The predicted octanol–water partition coefficient (Wildman–Crippen LogP) is 10.0. The van der Waals surface area contributed by atoms with Crippen LogP contribution < -0.4 is 4.74 Å². The van der Waals surface area contributed by atoms with Crippen LogP contribution in [0, 0.1) is 17.8 Å². The van der Waals surface area contributed by atoms with Gasteiger partial charge in [0.2, 0.25) is 0 Å². The van der Waals surface area contributed by atoms with Gasteiger partial charge < -0.3 is 14.2 Å². The maximum atomic E-state index is 12.0. The van der Waals surface area contributed by atoms with Crippen LogP contribution in [-0.2, 0) is 19.1 Å². The molecule has 0 amide bonds. The summed E-state index contributed by atoms with van der Waals surface area (Å²) in [4.78, 5) is 23.8. The van der Waals surface area contributed by atoms with E-state index in [0.29, 0.717) is 36.5 Å². The van der Waals surface area contributed by atoms with E-state index in [1.54, 1.807) is 13.8 Å². The van der Waals surface area contributed by atoms with Crippen LogP contribution in [0.15, 0.2) is 48.6 Å². The first-order valence-electron chi connectivity index (χ1n) is 17.9. The minimum atomic E-state index is -1.94. The van der Waals surface area contributed by atoms with Crippen molar-refractivity contribution in [1.82, 2.24) is 0 Å². The molecule has 0 bridgehead atoms. The van der Waals surface area contributed by atoms with Gasteiger partial charge in [0.25, 0.3) is 0 Å². The maximum Gasteiger partial charge on any atom is 0.333 e. The van der Waals surface area contributed by atoms with Gasteiger partial charge in [-0.15, -0.1) is 0 Å². The molecule has 1 aromatic carbocycles. The summed E-state index contributed by atoms with van der Waals surface area (Å²) in [7, 11) is -1.94. The van der Waals surface area contributed by atoms with Crippen LogP contribution in [0.4, 0.5) is 0 Å². The quantitative estimate of drug-likeness (QED) is 0.0616. The molecule has 2 fully saturated rings. The summed E-state index contributed by atoms with van der Waals surface area (Å²) in [5, 5.41) is 0. The molecule has 6 heteroatoms. The molecular formula is C39H62O5Si. The van der Waals surface area contributed by atoms with Crippen LogP contribution in [0.5, 0.6) is 5.75 Å². The highest BCUT2D eigenvalue weighted by molar-refractivity contribution is 6.78. The van der Waals surface area contributed by atoms with Gasteiger partial charge in [-0.2, -0.15) is 0 Å². The van der Waals surface area contributed by atoms with Gasteiger partial charge in [-0.25, -0.2) is 4.79 Å². The van der Waals surface area contributed by atoms with Gasteiger partial charge in [-0.1, -0.05) is 83.3 Å². The lowest BCUT2D eigenvalue weighted by atomic mass is 9.68. The summed E-state index contributed by atoms with van der Waals surface area (Å²) in [6, 6.07) is 10.6. The van der Waals surface area contributed by atoms with Crippen molar-refractivity contribution in [3.05, 3.63) is 54.1 Å². The SMILES string of the molecule is C=C(C)C(=O)COC[Si](C)(CCCOc1ccc(C2CCC(C3CCC(CCCCC)CC3)CC2)cc1)CCOC(=O)C(=C)C. The van der Waals surface area contributed by atoms with Crippen LogP contribution in [0.3, 0.4) is 0 Å². The second-order valence-electron chi connectivity index (χ2n) is 14.6. The molecule has 0 radical (unpaired) electrons. The summed E-state index contributed by atoms with van der Waals surface area (Å²) < 4.78 is 17.4. The average Bonchev–Trinajstić information content (AvgIpc) is 3.04. The first-order chi connectivity index (χ1) is 21.6. The summed E-state index contributed by atoms with van der Waals surface area (Å²) in [6.45, 7) is 16.3. The third-order valence-electron chi connectivity index (χ3n) is 10.5. The van der Waals surface area contributed by atoms with Crippen molar-refractivity contribution >= 4 is 19.8 Å². The van der Waals surface area contributed by atoms with Gasteiger partial charge in [0, 0.05) is 11.8 Å². The van der Waals surface area contributed by atoms with Gasteiger partial charge >= 0.3 is 5.97 Å². The zero-order valence-electron chi connectivity index (χ0n) is 29.0. The number of benzene rings is 1. The molecule has 252 valence electrons. The van der Waals surface area contributed by atoms with E-state index in [9.17, 15) is 9.59 Å². The Balaban J connectivity index is 1.39. The highest BCUT2D eigenvalue weighted by Crippen LogP contribution is 2.44. The predicted molar refractivity (Wildman–Crippen MR) is 188 cm³/mol. The Labute approximate surface area is 275 Å². The number of unbranched alkanes of at least 4 members (excludes halogenated alkanes) is 2. The van der Waals surface area contributed by atoms with Crippen molar-refractivity contribution in [2.75, 3.05) is 26.1 Å². The molecule has 2 saturated carbocycles. The van der Waals surface area contributed by atoms with Crippen molar-refractivity contribution in [1.29, 1.82) is 0 Å². The lowest BCUT2D eigenvalue weighted by Crippen LogP contribution is -2.39. The number of ketones is 1. The lowest BCUT2D eigenvalue weighted by Gasteiger charge is -2.38. The Morgan fingerprint density at radius 3 is 2.07 bits per heavy atom. The van der Waals surface area contributed by atoms with Gasteiger partial charge in [0.1, 0.15) is 12.4 Å². The number of rotatable bonds is 20. The van der Waals surface area contributed by atoms with Gasteiger partial charge in [-0.05, 0) is 112 Å². The van der Waals surface area contributed by atoms with E-state index in [1.807, 2.05) is 0 Å². The minimum absolute atomic E-state index is 0.0498. The molecule has 0 aliphatic heterocycles. The highest BCUT2D eigenvalue weighted by Gasteiger charge is 2.31. The lowest BCUT2D eigenvalue weighted by molar-refractivity contribution is -0.138. The molecule has 1 atom stereocenters. The first kappa shape index (κ1) is 37.3. The Hall–Kier alpha value is -2.18. The van der Waals surface area contributed by atoms with Crippen molar-refractivity contribution in [3.63, 3.8) is 0 Å². The van der Waals surface area contributed by atoms with E-state index >= 15 is 0 Å². The second-order valence-corrected chi connectivity index (χ2v) is 19.5. The Kier molecular flexibility index (Phi) is 16.1. The number of Topliss-reactive ketones (excluding diaryl/α,β-unsaturated/α-hetero) is 1. The molecule has 0 N–H and O–H groups in total. The smallest absolute Gasteiger partial charge is 0.333 e. The molecule has 0 heterocycles. The summed E-state index contributed by atoms with van der Waals surface area (Å²) >= 11 is 0. The fraction of sp³-hybridized carbons (Fsp3) is 0.692. The molecule has 0 spiro atoms. The molecule has 0 aromatic heterocycles. The number of hydrogen-bond donors (Lipinski definition) is 0. The topological polar surface area (TPSA) is 61.8 Å². The summed E-state index contributed by atoms with van der Waals surface area (Å²) in [5.41, 5.74) is 2.37. The number of carbonyl (C=O) groups is 2. The zero-order chi connectivity index (χ0) is 32.7. The Morgan fingerprint density at radius 1 is 0.822 bits per heavy atom. The standard InChI is InChI=1S/C39H62O5Si/c1-7-8-9-11-32-12-14-33(15-13-32)34-16-18-35(19-17-34)36-20-22-37(23-21-36)43-24-10-26-45(6,27-25-44-39(41)31(4)5)29-42-28-38(40)30(2)3/h20-23,32-35H,2,4,7-19,24-29H2,1,3,5-6H3. The summed E-state index contributed by atoms with van der Waals surface area (Å²) in [6.07, 6.45) is 18.4. The Morgan fingerprint density at radius 2 is 1.47 bits per heavy atom. The summed E-state index contributed by atoms with van der Waals surface area (Å²) in [5.74, 6) is 4.10. The molecule has 2 aliphatic rings. The molecule has 3 rings (SSSR count). The number of carbonyl (C=O) groups excluding carboxylic acids is 2. The minimum Gasteiger partial charge on any atom is -0.494 e.